The summed E-state index contributed by atoms with van der Waals surface area (Å²) in [7, 11) is 0. The molecule has 67 heavy (non-hydrogen) atoms. The Balaban J connectivity index is 4.58. The maximum atomic E-state index is 12.8. The number of unbranched alkanes of at least 4 members (excludes halogenated alkanes) is 21. The molecule has 0 heterocycles. The Bertz CT molecular complexity index is 1480. The average molecular weight is 925 g/mol. The third kappa shape index (κ3) is 52.4. The molecule has 1 atom stereocenters. The summed E-state index contributed by atoms with van der Waals surface area (Å²) in [6.45, 7) is 6.34. The topological polar surface area (TPSA) is 78.9 Å². The van der Waals surface area contributed by atoms with Crippen LogP contribution in [-0.4, -0.2) is 37.2 Å². The van der Waals surface area contributed by atoms with Gasteiger partial charge in [0, 0.05) is 19.3 Å². The standard InChI is InChI=1S/C61H96O6/c1-4-7-10-13-16-19-22-25-27-29-31-33-36-39-42-45-48-51-54-60(63)66-57-58(56-65-59(62)53-50-47-44-41-38-35-24-21-18-15-12-9-6-3)67-61(64)55-52-49-46-43-40-37-34-32-30-28-26-23-20-17-14-11-8-5-2/h9,12,15,18,21-35,38,41,44,58H,4-8,10-11,13-14,16-17,19-20,36-37,39-40,42-43,45-57H2,1-3H3/b12-9+,18-15+,24-21+,25-22+,26-23+,29-27+,30-28+,33-31+,34-32+,38-35+,44-41+. The third-order valence-corrected chi connectivity index (χ3v) is 10.9. The Kier molecular flexibility index (Phi) is 50.6. The lowest BCUT2D eigenvalue weighted by molar-refractivity contribution is -0.167. The summed E-state index contributed by atoms with van der Waals surface area (Å²) in [5.74, 6) is -1.05. The highest BCUT2D eigenvalue weighted by atomic mass is 16.6. The minimum atomic E-state index is -0.831. The van der Waals surface area contributed by atoms with E-state index >= 15 is 0 Å². The van der Waals surface area contributed by atoms with Crippen molar-refractivity contribution in [2.24, 2.45) is 0 Å². The molecular formula is C61H96O6. The Hall–Kier alpha value is -4.45. The Morgan fingerprint density at radius 2 is 0.597 bits per heavy atom. The summed E-state index contributed by atoms with van der Waals surface area (Å²) in [6, 6.07) is 0. The summed E-state index contributed by atoms with van der Waals surface area (Å²) >= 11 is 0. The fourth-order valence-corrected chi connectivity index (χ4v) is 6.83. The van der Waals surface area contributed by atoms with Crippen LogP contribution in [0.2, 0.25) is 0 Å². The first-order chi connectivity index (χ1) is 33.0. The van der Waals surface area contributed by atoms with Gasteiger partial charge in [0.15, 0.2) is 6.10 Å². The molecule has 0 fully saturated rings. The van der Waals surface area contributed by atoms with Crippen molar-refractivity contribution in [3.05, 3.63) is 134 Å². The van der Waals surface area contributed by atoms with Gasteiger partial charge in [0.05, 0.1) is 0 Å². The average Bonchev–Trinajstić information content (AvgIpc) is 3.33. The number of allylic oxidation sites excluding steroid dienone is 22. The Labute approximate surface area is 411 Å². The van der Waals surface area contributed by atoms with Crippen LogP contribution in [0.15, 0.2) is 134 Å². The zero-order chi connectivity index (χ0) is 48.6. The fourth-order valence-electron chi connectivity index (χ4n) is 6.83. The second-order valence-electron chi connectivity index (χ2n) is 17.3. The smallest absolute Gasteiger partial charge is 0.306 e. The number of ether oxygens (including phenoxy) is 3. The summed E-state index contributed by atoms with van der Waals surface area (Å²) in [5, 5.41) is 0. The van der Waals surface area contributed by atoms with Gasteiger partial charge in [-0.25, -0.2) is 0 Å². The maximum absolute atomic E-state index is 12.8. The molecule has 0 aliphatic heterocycles. The molecule has 6 nitrogen and oxygen atoms in total. The molecule has 0 N–H and O–H groups in total. The molecule has 0 aliphatic carbocycles. The van der Waals surface area contributed by atoms with E-state index < -0.39 is 6.10 Å². The van der Waals surface area contributed by atoms with Gasteiger partial charge in [-0.15, -0.1) is 0 Å². The second-order valence-corrected chi connectivity index (χ2v) is 17.3. The normalized spacial score (nSPS) is 13.2. The van der Waals surface area contributed by atoms with Crippen LogP contribution in [0.25, 0.3) is 0 Å². The van der Waals surface area contributed by atoms with Gasteiger partial charge in [0.25, 0.3) is 0 Å². The number of carbonyl (C=O) groups is 3. The molecule has 0 spiro atoms. The zero-order valence-electron chi connectivity index (χ0n) is 42.9. The lowest BCUT2D eigenvalue weighted by Gasteiger charge is -2.18. The molecule has 0 radical (unpaired) electrons. The molecule has 0 bridgehead atoms. The van der Waals surface area contributed by atoms with Crippen molar-refractivity contribution in [2.75, 3.05) is 13.2 Å². The first-order valence-corrected chi connectivity index (χ1v) is 26.8. The molecule has 0 saturated carbocycles. The lowest BCUT2D eigenvalue weighted by Crippen LogP contribution is -2.30. The first-order valence-electron chi connectivity index (χ1n) is 26.8. The van der Waals surface area contributed by atoms with E-state index in [2.05, 4.69) is 99.8 Å². The van der Waals surface area contributed by atoms with Crippen LogP contribution in [0, 0.1) is 0 Å². The Morgan fingerprint density at radius 1 is 0.313 bits per heavy atom. The van der Waals surface area contributed by atoms with E-state index in [1.165, 1.54) is 64.2 Å². The van der Waals surface area contributed by atoms with Gasteiger partial charge in [-0.2, -0.15) is 0 Å². The molecule has 0 saturated heterocycles. The van der Waals surface area contributed by atoms with Gasteiger partial charge in [-0.3, -0.25) is 14.4 Å². The highest BCUT2D eigenvalue weighted by Crippen LogP contribution is 2.12. The van der Waals surface area contributed by atoms with E-state index in [0.717, 1.165) is 103 Å². The molecule has 6 heteroatoms. The number of carbonyl (C=O) groups excluding carboxylic acids is 3. The SMILES string of the molecule is CC/C=C/C=C/C=C/C=C/C=C/CCCC(=O)OCC(COC(=O)CCCCCCC/C=C/C=C/C=C/CCCCCCC)OC(=O)CCCCCCC/C=C/C=C/C=C/CCCCCCC. The van der Waals surface area contributed by atoms with Gasteiger partial charge >= 0.3 is 17.9 Å². The molecule has 0 aromatic carbocycles. The van der Waals surface area contributed by atoms with Gasteiger partial charge in [-0.05, 0) is 83.5 Å². The third-order valence-electron chi connectivity index (χ3n) is 10.9. The predicted octanol–water partition coefficient (Wildman–Crippen LogP) is 17.9. The monoisotopic (exact) mass is 925 g/mol. The molecule has 0 aromatic rings. The van der Waals surface area contributed by atoms with Crippen LogP contribution in [0.1, 0.15) is 213 Å². The quantitative estimate of drug-likeness (QED) is 0.0262. The number of rotatable bonds is 46. The summed E-state index contributed by atoms with van der Waals surface area (Å²) in [6.07, 6.45) is 75.8. The van der Waals surface area contributed by atoms with Crippen molar-refractivity contribution in [3.63, 3.8) is 0 Å². The lowest BCUT2D eigenvalue weighted by atomic mass is 10.1. The van der Waals surface area contributed by atoms with Crippen molar-refractivity contribution < 1.29 is 28.6 Å². The summed E-state index contributed by atoms with van der Waals surface area (Å²) in [4.78, 5) is 38.0. The zero-order valence-corrected chi connectivity index (χ0v) is 42.9. The molecule has 0 amide bonds. The summed E-state index contributed by atoms with van der Waals surface area (Å²) < 4.78 is 16.7. The molecule has 1 unspecified atom stereocenters. The minimum Gasteiger partial charge on any atom is -0.462 e. The van der Waals surface area contributed by atoms with Gasteiger partial charge in [0.1, 0.15) is 13.2 Å². The first kappa shape index (κ1) is 62.5. The number of hydrogen-bond acceptors (Lipinski definition) is 6. The van der Waals surface area contributed by atoms with Gasteiger partial charge < -0.3 is 14.2 Å². The highest BCUT2D eigenvalue weighted by Gasteiger charge is 2.19. The highest BCUT2D eigenvalue weighted by molar-refractivity contribution is 5.71. The number of esters is 3. The van der Waals surface area contributed by atoms with Gasteiger partial charge in [0.2, 0.25) is 0 Å². The Morgan fingerprint density at radius 3 is 0.970 bits per heavy atom. The molecule has 376 valence electrons. The van der Waals surface area contributed by atoms with Crippen LogP contribution in [0.3, 0.4) is 0 Å². The fraction of sp³-hybridized carbons (Fsp3) is 0.590. The van der Waals surface area contributed by atoms with Crippen LogP contribution >= 0.6 is 0 Å². The van der Waals surface area contributed by atoms with Gasteiger partial charge in [-0.1, -0.05) is 244 Å². The molecule has 0 aliphatic rings. The maximum Gasteiger partial charge on any atom is 0.306 e. The van der Waals surface area contributed by atoms with Crippen molar-refractivity contribution in [3.8, 4) is 0 Å². The summed E-state index contributed by atoms with van der Waals surface area (Å²) in [5.41, 5.74) is 0. The van der Waals surface area contributed by atoms with E-state index in [0.29, 0.717) is 12.8 Å². The predicted molar refractivity (Wildman–Crippen MR) is 288 cm³/mol. The number of hydrogen-bond donors (Lipinski definition) is 0. The van der Waals surface area contributed by atoms with Crippen molar-refractivity contribution >= 4 is 17.9 Å². The van der Waals surface area contributed by atoms with E-state index in [-0.39, 0.29) is 44.0 Å². The van der Waals surface area contributed by atoms with E-state index in [1.54, 1.807) is 0 Å². The second kappa shape index (κ2) is 54.2. The van der Waals surface area contributed by atoms with E-state index in [4.69, 9.17) is 14.2 Å². The largest absolute Gasteiger partial charge is 0.462 e. The van der Waals surface area contributed by atoms with Crippen LogP contribution in [0.4, 0.5) is 0 Å². The van der Waals surface area contributed by atoms with E-state index in [9.17, 15) is 14.4 Å². The molecular weight excluding hydrogens is 829 g/mol. The van der Waals surface area contributed by atoms with Crippen LogP contribution < -0.4 is 0 Å². The molecule has 0 aromatic heterocycles. The van der Waals surface area contributed by atoms with E-state index in [1.807, 2.05) is 54.7 Å². The van der Waals surface area contributed by atoms with Crippen molar-refractivity contribution in [2.45, 2.75) is 219 Å². The van der Waals surface area contributed by atoms with Crippen LogP contribution in [-0.2, 0) is 28.6 Å². The van der Waals surface area contributed by atoms with Crippen molar-refractivity contribution in [1.82, 2.24) is 0 Å². The van der Waals surface area contributed by atoms with Crippen molar-refractivity contribution in [1.29, 1.82) is 0 Å². The minimum absolute atomic E-state index is 0.125. The van der Waals surface area contributed by atoms with Crippen LogP contribution in [0.5, 0.6) is 0 Å². The molecule has 0 rings (SSSR count).